The summed E-state index contributed by atoms with van der Waals surface area (Å²) in [7, 11) is 0. The van der Waals surface area contributed by atoms with E-state index in [2.05, 4.69) is 15.9 Å². The van der Waals surface area contributed by atoms with Gasteiger partial charge in [0.1, 0.15) is 0 Å². The van der Waals surface area contributed by atoms with E-state index >= 15 is 0 Å². The Hall–Kier alpha value is -0.540. The lowest BCUT2D eigenvalue weighted by atomic mass is 9.90. The molecule has 1 aliphatic rings. The van der Waals surface area contributed by atoms with Crippen molar-refractivity contribution in [1.82, 2.24) is 4.90 Å². The molecule has 0 radical (unpaired) electrons. The predicted molar refractivity (Wildman–Crippen MR) is 82.9 cm³/mol. The van der Waals surface area contributed by atoms with Crippen molar-refractivity contribution in [2.45, 2.75) is 38.6 Å². The van der Waals surface area contributed by atoms with Crippen LogP contribution >= 0.6 is 27.5 Å². The van der Waals surface area contributed by atoms with Crippen molar-refractivity contribution < 1.29 is 4.79 Å². The zero-order valence-corrected chi connectivity index (χ0v) is 13.5. The van der Waals surface area contributed by atoms with Gasteiger partial charge < -0.3 is 4.90 Å². The fourth-order valence-electron chi connectivity index (χ4n) is 2.27. The Bertz CT molecular complexity index is 459. The third kappa shape index (κ3) is 3.51. The molecule has 4 heteroatoms. The lowest BCUT2D eigenvalue weighted by Crippen LogP contribution is -2.44. The number of rotatable bonds is 5. The number of amides is 1. The molecule has 0 heterocycles. The second-order valence-electron chi connectivity index (χ2n) is 5.09. The molecule has 0 saturated heterocycles. The summed E-state index contributed by atoms with van der Waals surface area (Å²) < 4.78 is 0.990. The van der Waals surface area contributed by atoms with Gasteiger partial charge in [0.15, 0.2) is 0 Å². The van der Waals surface area contributed by atoms with Crippen molar-refractivity contribution in [2.24, 2.45) is 0 Å². The molecule has 0 aliphatic heterocycles. The van der Waals surface area contributed by atoms with Crippen LogP contribution in [-0.4, -0.2) is 29.3 Å². The molecule has 19 heavy (non-hydrogen) atoms. The highest BCUT2D eigenvalue weighted by molar-refractivity contribution is 9.10. The van der Waals surface area contributed by atoms with Gasteiger partial charge in [-0.2, -0.15) is 0 Å². The SMILES string of the molecule is Cc1ccc(C(=O)N(CCCCl)C2CCC2)cc1Br. The van der Waals surface area contributed by atoms with E-state index in [1.165, 1.54) is 6.42 Å². The molecule has 1 aromatic rings. The maximum atomic E-state index is 12.6. The van der Waals surface area contributed by atoms with E-state index in [9.17, 15) is 4.79 Å². The monoisotopic (exact) mass is 343 g/mol. The van der Waals surface area contributed by atoms with Gasteiger partial charge in [-0.3, -0.25) is 4.79 Å². The molecule has 1 amide bonds. The van der Waals surface area contributed by atoms with E-state index in [0.717, 1.165) is 41.4 Å². The number of carbonyl (C=O) groups is 1. The smallest absolute Gasteiger partial charge is 0.254 e. The number of aryl methyl sites for hydroxylation is 1. The molecule has 0 bridgehead atoms. The largest absolute Gasteiger partial charge is 0.336 e. The first-order valence-corrected chi connectivity index (χ1v) is 8.09. The summed E-state index contributed by atoms with van der Waals surface area (Å²) in [5.74, 6) is 0.740. The maximum absolute atomic E-state index is 12.6. The van der Waals surface area contributed by atoms with Crippen molar-refractivity contribution in [3.05, 3.63) is 33.8 Å². The van der Waals surface area contributed by atoms with Crippen LogP contribution in [0.25, 0.3) is 0 Å². The molecule has 1 saturated carbocycles. The van der Waals surface area contributed by atoms with Crippen LogP contribution in [0.5, 0.6) is 0 Å². The first kappa shape index (κ1) is 14.9. The second-order valence-corrected chi connectivity index (χ2v) is 6.32. The van der Waals surface area contributed by atoms with Crippen LogP contribution < -0.4 is 0 Å². The summed E-state index contributed by atoms with van der Waals surface area (Å²) in [5.41, 5.74) is 1.91. The molecule has 0 atom stereocenters. The van der Waals surface area contributed by atoms with Crippen molar-refractivity contribution in [2.75, 3.05) is 12.4 Å². The fraction of sp³-hybridized carbons (Fsp3) is 0.533. The summed E-state index contributed by atoms with van der Waals surface area (Å²) in [6.45, 7) is 2.79. The van der Waals surface area contributed by atoms with E-state index in [1.54, 1.807) is 0 Å². The van der Waals surface area contributed by atoms with Crippen LogP contribution in [-0.2, 0) is 0 Å². The Morgan fingerprint density at radius 1 is 1.47 bits per heavy atom. The van der Waals surface area contributed by atoms with Crippen LogP contribution in [0.15, 0.2) is 22.7 Å². The zero-order chi connectivity index (χ0) is 13.8. The van der Waals surface area contributed by atoms with Gasteiger partial charge in [-0.25, -0.2) is 0 Å². The number of nitrogens with zero attached hydrogens (tertiary/aromatic N) is 1. The molecular formula is C15H19BrClNO. The van der Waals surface area contributed by atoms with Gasteiger partial charge in [0, 0.05) is 28.5 Å². The molecule has 1 fully saturated rings. The van der Waals surface area contributed by atoms with Gasteiger partial charge in [-0.15, -0.1) is 11.6 Å². The molecule has 0 N–H and O–H groups in total. The quantitative estimate of drug-likeness (QED) is 0.726. The third-order valence-electron chi connectivity index (χ3n) is 3.73. The van der Waals surface area contributed by atoms with Gasteiger partial charge in [0.25, 0.3) is 5.91 Å². The minimum atomic E-state index is 0.135. The van der Waals surface area contributed by atoms with E-state index in [4.69, 9.17) is 11.6 Å². The first-order valence-electron chi connectivity index (χ1n) is 6.76. The number of carbonyl (C=O) groups excluding carboxylic acids is 1. The van der Waals surface area contributed by atoms with Crippen molar-refractivity contribution >= 4 is 33.4 Å². The van der Waals surface area contributed by atoms with Crippen LogP contribution in [0.2, 0.25) is 0 Å². The minimum Gasteiger partial charge on any atom is -0.336 e. The van der Waals surface area contributed by atoms with Crippen LogP contribution in [0.3, 0.4) is 0 Å². The highest BCUT2D eigenvalue weighted by Gasteiger charge is 2.29. The second kappa shape index (κ2) is 6.76. The molecule has 104 valence electrons. The van der Waals surface area contributed by atoms with Crippen LogP contribution in [0.1, 0.15) is 41.6 Å². The molecule has 0 spiro atoms. The minimum absolute atomic E-state index is 0.135. The van der Waals surface area contributed by atoms with E-state index in [0.29, 0.717) is 11.9 Å². The zero-order valence-electron chi connectivity index (χ0n) is 11.2. The summed E-state index contributed by atoms with van der Waals surface area (Å²) in [6.07, 6.45) is 4.34. The van der Waals surface area contributed by atoms with Crippen LogP contribution in [0, 0.1) is 6.92 Å². The average Bonchev–Trinajstić information content (AvgIpc) is 2.34. The van der Waals surface area contributed by atoms with Crippen molar-refractivity contribution in [3.8, 4) is 0 Å². The number of hydrogen-bond acceptors (Lipinski definition) is 1. The molecule has 0 aromatic heterocycles. The lowest BCUT2D eigenvalue weighted by molar-refractivity contribution is 0.0580. The topological polar surface area (TPSA) is 20.3 Å². The van der Waals surface area contributed by atoms with E-state index < -0.39 is 0 Å². The fourth-order valence-corrected chi connectivity index (χ4v) is 2.77. The number of halogens is 2. The third-order valence-corrected chi connectivity index (χ3v) is 4.85. The molecular weight excluding hydrogens is 326 g/mol. The Kier molecular flexibility index (Phi) is 5.28. The summed E-state index contributed by atoms with van der Waals surface area (Å²) in [5, 5.41) is 0. The normalized spacial score (nSPS) is 15.1. The predicted octanol–water partition coefficient (Wildman–Crippen LogP) is 4.38. The average molecular weight is 345 g/mol. The van der Waals surface area contributed by atoms with Gasteiger partial charge >= 0.3 is 0 Å². The van der Waals surface area contributed by atoms with Gasteiger partial charge in [-0.1, -0.05) is 22.0 Å². The lowest BCUT2D eigenvalue weighted by Gasteiger charge is -2.37. The summed E-state index contributed by atoms with van der Waals surface area (Å²) in [4.78, 5) is 14.6. The summed E-state index contributed by atoms with van der Waals surface area (Å²) in [6, 6.07) is 6.23. The van der Waals surface area contributed by atoms with Crippen LogP contribution in [0.4, 0.5) is 0 Å². The Balaban J connectivity index is 2.15. The standard InChI is InChI=1S/C15H19BrClNO/c1-11-6-7-12(10-14(11)16)15(19)18(9-3-8-17)13-4-2-5-13/h6-7,10,13H,2-5,8-9H2,1H3. The molecule has 2 nitrogen and oxygen atoms in total. The van der Waals surface area contributed by atoms with Crippen molar-refractivity contribution in [1.29, 1.82) is 0 Å². The van der Waals surface area contributed by atoms with E-state index in [1.807, 2.05) is 30.0 Å². The van der Waals surface area contributed by atoms with Gasteiger partial charge in [0.2, 0.25) is 0 Å². The Labute approximate surface area is 128 Å². The highest BCUT2D eigenvalue weighted by atomic mass is 79.9. The molecule has 1 aliphatic carbocycles. The molecule has 2 rings (SSSR count). The summed E-state index contributed by atoms with van der Waals surface area (Å²) >= 11 is 9.26. The van der Waals surface area contributed by atoms with Gasteiger partial charge in [0.05, 0.1) is 0 Å². The first-order chi connectivity index (χ1) is 9.13. The maximum Gasteiger partial charge on any atom is 0.254 e. The number of alkyl halides is 1. The number of benzene rings is 1. The number of hydrogen-bond donors (Lipinski definition) is 0. The molecule has 0 unspecified atom stereocenters. The van der Waals surface area contributed by atoms with E-state index in [-0.39, 0.29) is 5.91 Å². The Morgan fingerprint density at radius 2 is 2.21 bits per heavy atom. The molecule has 1 aromatic carbocycles. The highest BCUT2D eigenvalue weighted by Crippen LogP contribution is 2.27. The van der Waals surface area contributed by atoms with Gasteiger partial charge in [-0.05, 0) is 50.3 Å². The Morgan fingerprint density at radius 3 is 2.74 bits per heavy atom. The van der Waals surface area contributed by atoms with Crippen molar-refractivity contribution in [3.63, 3.8) is 0 Å².